The summed E-state index contributed by atoms with van der Waals surface area (Å²) in [6.45, 7) is 4.59. The van der Waals surface area contributed by atoms with Crippen molar-refractivity contribution < 1.29 is 4.42 Å². The fourth-order valence-corrected chi connectivity index (χ4v) is 8.33. The maximum atomic E-state index is 6.18. The minimum Gasteiger partial charge on any atom is -0.436 e. The lowest BCUT2D eigenvalue weighted by Crippen LogP contribution is -2.15. The number of benzene rings is 7. The molecule has 0 saturated carbocycles. The molecule has 1 aliphatic carbocycles. The summed E-state index contributed by atoms with van der Waals surface area (Å²) in [5.41, 5.74) is 13.6. The molecule has 0 unspecified atom stereocenters. The van der Waals surface area contributed by atoms with Crippen molar-refractivity contribution in [2.75, 3.05) is 0 Å². The second kappa shape index (κ2) is 11.9. The molecule has 260 valence electrons. The Labute approximate surface area is 317 Å². The molecule has 0 fully saturated rings. The van der Waals surface area contributed by atoms with Crippen LogP contribution in [-0.4, -0.2) is 24.5 Å². The molecule has 0 saturated heterocycles. The molecular weight excluding hydrogens is 675 g/mol. The number of hydrogen-bond acceptors (Lipinski definition) is 5. The predicted molar refractivity (Wildman–Crippen MR) is 221 cm³/mol. The van der Waals surface area contributed by atoms with Gasteiger partial charge in [-0.3, -0.25) is 0 Å². The van der Waals surface area contributed by atoms with E-state index in [1.54, 1.807) is 0 Å². The average molecular weight is 708 g/mol. The van der Waals surface area contributed by atoms with Crippen molar-refractivity contribution in [3.05, 3.63) is 175 Å². The Kier molecular flexibility index (Phi) is 6.79. The van der Waals surface area contributed by atoms with E-state index >= 15 is 0 Å². The average Bonchev–Trinajstić information content (AvgIpc) is 3.89. The molecule has 3 heterocycles. The third-order valence-corrected chi connectivity index (χ3v) is 11.1. The molecule has 0 amide bonds. The maximum absolute atomic E-state index is 6.18. The van der Waals surface area contributed by atoms with E-state index in [0.29, 0.717) is 23.4 Å². The van der Waals surface area contributed by atoms with E-state index in [1.807, 2.05) is 54.6 Å². The Bertz CT molecular complexity index is 3090. The van der Waals surface area contributed by atoms with Crippen LogP contribution in [0.2, 0.25) is 0 Å². The van der Waals surface area contributed by atoms with Crippen LogP contribution < -0.4 is 0 Å². The van der Waals surface area contributed by atoms with E-state index in [0.717, 1.165) is 55.5 Å². The van der Waals surface area contributed by atoms with E-state index in [2.05, 4.69) is 128 Å². The summed E-state index contributed by atoms with van der Waals surface area (Å²) in [5.74, 6) is 2.52. The first-order valence-corrected chi connectivity index (χ1v) is 18.6. The normalized spacial score (nSPS) is 13.1. The second-order valence-corrected chi connectivity index (χ2v) is 14.7. The Morgan fingerprint density at radius 1 is 0.455 bits per heavy atom. The van der Waals surface area contributed by atoms with E-state index < -0.39 is 0 Å². The molecule has 11 rings (SSSR count). The minimum atomic E-state index is -0.133. The predicted octanol–water partition coefficient (Wildman–Crippen LogP) is 12.1. The van der Waals surface area contributed by atoms with Crippen LogP contribution in [0.5, 0.6) is 0 Å². The van der Waals surface area contributed by atoms with Crippen LogP contribution in [0.1, 0.15) is 25.0 Å². The molecule has 0 bridgehead atoms. The molecule has 0 spiro atoms. The molecule has 0 radical (unpaired) electrons. The standard InChI is InChI=1S/C49H33N5O/c1-49(2)39-16-8-6-14-35(39)36-26-22-32(28-40(36)49)47-52-45(30-12-4-3-5-13-30)51-46(53-47)31-20-24-34(25-21-31)54-42-18-10-7-15-37(42)38-27-23-33(29-43(38)54)48-50-41-17-9-11-19-44(41)55-48/h3-29H,1-2H3. The van der Waals surface area contributed by atoms with Gasteiger partial charge in [-0.25, -0.2) is 19.9 Å². The van der Waals surface area contributed by atoms with Crippen LogP contribution in [0.15, 0.2) is 168 Å². The highest BCUT2D eigenvalue weighted by atomic mass is 16.3. The lowest BCUT2D eigenvalue weighted by atomic mass is 9.82. The van der Waals surface area contributed by atoms with Crippen LogP contribution in [-0.2, 0) is 5.41 Å². The van der Waals surface area contributed by atoms with E-state index in [4.69, 9.17) is 24.4 Å². The van der Waals surface area contributed by atoms with Gasteiger partial charge >= 0.3 is 0 Å². The van der Waals surface area contributed by atoms with Gasteiger partial charge in [-0.15, -0.1) is 0 Å². The van der Waals surface area contributed by atoms with Crippen molar-refractivity contribution in [1.29, 1.82) is 0 Å². The van der Waals surface area contributed by atoms with Crippen molar-refractivity contribution in [1.82, 2.24) is 24.5 Å². The van der Waals surface area contributed by atoms with Crippen LogP contribution >= 0.6 is 0 Å². The van der Waals surface area contributed by atoms with Crippen LogP contribution in [0, 0.1) is 0 Å². The molecule has 1 aliphatic rings. The molecule has 6 nitrogen and oxygen atoms in total. The molecule has 7 aromatic carbocycles. The van der Waals surface area contributed by atoms with Gasteiger partial charge in [0.25, 0.3) is 0 Å². The smallest absolute Gasteiger partial charge is 0.227 e. The quantitative estimate of drug-likeness (QED) is 0.178. The molecular formula is C49H33N5O. The first kappa shape index (κ1) is 31.4. The molecule has 0 atom stereocenters. The summed E-state index contributed by atoms with van der Waals surface area (Å²) in [5, 5.41) is 2.34. The van der Waals surface area contributed by atoms with Crippen molar-refractivity contribution in [3.63, 3.8) is 0 Å². The highest BCUT2D eigenvalue weighted by Crippen LogP contribution is 2.49. The number of fused-ring (bicyclic) bond motifs is 7. The van der Waals surface area contributed by atoms with Crippen molar-refractivity contribution in [2.24, 2.45) is 0 Å². The van der Waals surface area contributed by atoms with Crippen LogP contribution in [0.3, 0.4) is 0 Å². The highest BCUT2D eigenvalue weighted by molar-refractivity contribution is 6.10. The van der Waals surface area contributed by atoms with Gasteiger partial charge in [0.2, 0.25) is 5.89 Å². The van der Waals surface area contributed by atoms with Gasteiger partial charge in [0.1, 0.15) is 5.52 Å². The SMILES string of the molecule is CC1(C)c2ccccc2-c2ccc(-c3nc(-c4ccccc4)nc(-c4ccc(-n5c6ccccc6c6ccc(-c7nc8ccccc8o7)cc65)cc4)n3)cc21. The molecule has 10 aromatic rings. The van der Waals surface area contributed by atoms with Crippen LogP contribution in [0.25, 0.3) is 95.3 Å². The number of para-hydroxylation sites is 3. The van der Waals surface area contributed by atoms with Gasteiger partial charge in [0.05, 0.1) is 11.0 Å². The summed E-state index contributed by atoms with van der Waals surface area (Å²) in [4.78, 5) is 20.0. The molecule has 6 heteroatoms. The highest BCUT2D eigenvalue weighted by Gasteiger charge is 2.35. The van der Waals surface area contributed by atoms with Gasteiger partial charge < -0.3 is 8.98 Å². The Hall–Kier alpha value is -7.18. The largest absolute Gasteiger partial charge is 0.436 e. The van der Waals surface area contributed by atoms with Crippen molar-refractivity contribution in [2.45, 2.75) is 19.3 Å². The van der Waals surface area contributed by atoms with E-state index in [9.17, 15) is 0 Å². The first-order valence-electron chi connectivity index (χ1n) is 18.6. The summed E-state index contributed by atoms with van der Waals surface area (Å²) in [6, 6.07) is 56.8. The first-order chi connectivity index (χ1) is 27.0. The van der Waals surface area contributed by atoms with Gasteiger partial charge in [-0.05, 0) is 82.9 Å². The van der Waals surface area contributed by atoms with Gasteiger partial charge in [-0.2, -0.15) is 0 Å². The maximum Gasteiger partial charge on any atom is 0.227 e. The van der Waals surface area contributed by atoms with Crippen molar-refractivity contribution in [3.8, 4) is 62.4 Å². The molecule has 55 heavy (non-hydrogen) atoms. The number of nitrogens with zero attached hydrogens (tertiary/aromatic N) is 5. The Balaban J connectivity index is 1.03. The Morgan fingerprint density at radius 2 is 1.07 bits per heavy atom. The monoisotopic (exact) mass is 707 g/mol. The summed E-state index contributed by atoms with van der Waals surface area (Å²) >= 11 is 0. The topological polar surface area (TPSA) is 69.6 Å². The lowest BCUT2D eigenvalue weighted by molar-refractivity contribution is 0.620. The molecule has 0 aliphatic heterocycles. The van der Waals surface area contributed by atoms with Crippen molar-refractivity contribution >= 4 is 32.9 Å². The number of hydrogen-bond donors (Lipinski definition) is 0. The molecule has 0 N–H and O–H groups in total. The van der Waals surface area contributed by atoms with E-state index in [-0.39, 0.29) is 5.41 Å². The third-order valence-electron chi connectivity index (χ3n) is 11.1. The third kappa shape index (κ3) is 4.95. The second-order valence-electron chi connectivity index (χ2n) is 14.7. The minimum absolute atomic E-state index is 0.133. The Morgan fingerprint density at radius 3 is 1.89 bits per heavy atom. The van der Waals surface area contributed by atoms with Gasteiger partial charge in [0.15, 0.2) is 23.1 Å². The zero-order valence-corrected chi connectivity index (χ0v) is 30.2. The van der Waals surface area contributed by atoms with Gasteiger partial charge in [-0.1, -0.05) is 117 Å². The zero-order chi connectivity index (χ0) is 36.7. The van der Waals surface area contributed by atoms with Gasteiger partial charge in [0, 0.05) is 44.1 Å². The summed E-state index contributed by atoms with van der Waals surface area (Å²) < 4.78 is 8.48. The lowest BCUT2D eigenvalue weighted by Gasteiger charge is -2.21. The summed E-state index contributed by atoms with van der Waals surface area (Å²) in [7, 11) is 0. The number of oxazole rings is 1. The molecule has 3 aromatic heterocycles. The van der Waals surface area contributed by atoms with Crippen LogP contribution in [0.4, 0.5) is 0 Å². The fraction of sp³-hybridized carbons (Fsp3) is 0.0612. The zero-order valence-electron chi connectivity index (χ0n) is 30.2. The number of rotatable bonds is 5. The fourth-order valence-electron chi connectivity index (χ4n) is 8.33. The van der Waals surface area contributed by atoms with E-state index in [1.165, 1.54) is 27.6 Å². The number of aromatic nitrogens is 5. The summed E-state index contributed by atoms with van der Waals surface area (Å²) in [6.07, 6.45) is 0.